The zero-order valence-corrected chi connectivity index (χ0v) is 12.6. The number of rotatable bonds is 6. The Morgan fingerprint density at radius 2 is 2.17 bits per heavy atom. The number of carbonyl (C=O) groups excluding carboxylic acids is 1. The van der Waals surface area contributed by atoms with Crippen LogP contribution in [0.5, 0.6) is 0 Å². The minimum Gasteiger partial charge on any atom is -0.360 e. The lowest BCUT2D eigenvalue weighted by Gasteiger charge is -2.05. The lowest BCUT2D eigenvalue weighted by atomic mass is 10.3. The third-order valence-corrected chi connectivity index (χ3v) is 2.91. The van der Waals surface area contributed by atoms with E-state index in [1.165, 1.54) is 17.8 Å². The molecule has 126 valence electrons. The molecule has 7 nitrogen and oxygen atoms in total. The van der Waals surface area contributed by atoms with Gasteiger partial charge in [-0.3, -0.25) is 9.48 Å². The number of hydrogen-bond donors (Lipinski definition) is 1. The van der Waals surface area contributed by atoms with Crippen molar-refractivity contribution in [1.82, 2.24) is 19.6 Å². The summed E-state index contributed by atoms with van der Waals surface area (Å²) < 4.78 is 45.4. The number of hydrogen-bond acceptors (Lipinski definition) is 4. The van der Waals surface area contributed by atoms with Crippen LogP contribution in [0.25, 0.3) is 0 Å². The summed E-state index contributed by atoms with van der Waals surface area (Å²) in [6.45, 7) is 3.75. The average Bonchev–Trinajstić information content (AvgIpc) is 3.03. The topological polar surface area (TPSA) is 74.0 Å². The van der Waals surface area contributed by atoms with Gasteiger partial charge < -0.3 is 10.1 Å². The molecule has 1 amide bonds. The summed E-state index contributed by atoms with van der Waals surface area (Å²) in [5.74, 6) is -0.499. The van der Waals surface area contributed by atoms with Gasteiger partial charge in [-0.05, 0) is 19.9 Å². The Hall–Kier alpha value is -2.36. The van der Waals surface area contributed by atoms with E-state index in [4.69, 9.17) is 4.74 Å². The van der Waals surface area contributed by atoms with Gasteiger partial charge in [-0.2, -0.15) is 23.4 Å². The highest BCUT2D eigenvalue weighted by atomic mass is 19.4. The van der Waals surface area contributed by atoms with Crippen LogP contribution in [0.1, 0.15) is 18.3 Å². The molecule has 0 unspecified atom stereocenters. The lowest BCUT2D eigenvalue weighted by molar-refractivity contribution is -0.141. The van der Waals surface area contributed by atoms with Crippen LogP contribution in [0.3, 0.4) is 0 Å². The smallest absolute Gasteiger partial charge is 0.360 e. The van der Waals surface area contributed by atoms with Gasteiger partial charge >= 0.3 is 6.18 Å². The fourth-order valence-corrected chi connectivity index (χ4v) is 1.83. The van der Waals surface area contributed by atoms with Crippen molar-refractivity contribution >= 4 is 11.6 Å². The normalized spacial score (nSPS) is 11.7. The van der Waals surface area contributed by atoms with E-state index in [-0.39, 0.29) is 19.0 Å². The first-order valence-electron chi connectivity index (χ1n) is 6.81. The third kappa shape index (κ3) is 4.55. The second-order valence-corrected chi connectivity index (χ2v) is 4.76. The first-order valence-corrected chi connectivity index (χ1v) is 6.81. The summed E-state index contributed by atoms with van der Waals surface area (Å²) in [5, 5.41) is 9.91. The fraction of sp³-hybridized carbons (Fsp3) is 0.462. The summed E-state index contributed by atoms with van der Waals surface area (Å²) in [6, 6.07) is 0.896. The third-order valence-electron chi connectivity index (χ3n) is 2.91. The van der Waals surface area contributed by atoms with E-state index >= 15 is 0 Å². The summed E-state index contributed by atoms with van der Waals surface area (Å²) in [7, 11) is 0. The van der Waals surface area contributed by atoms with Crippen LogP contribution in [-0.4, -0.2) is 32.1 Å². The Bertz CT molecular complexity index is 677. The number of aryl methyl sites for hydroxylation is 1. The van der Waals surface area contributed by atoms with Gasteiger partial charge in [-0.15, -0.1) is 0 Å². The van der Waals surface area contributed by atoms with Crippen molar-refractivity contribution in [3.8, 4) is 0 Å². The Morgan fingerprint density at radius 3 is 2.78 bits per heavy atom. The Labute approximate surface area is 130 Å². The van der Waals surface area contributed by atoms with Crippen molar-refractivity contribution in [3.63, 3.8) is 0 Å². The summed E-state index contributed by atoms with van der Waals surface area (Å²) in [5.41, 5.74) is -0.345. The largest absolute Gasteiger partial charge is 0.435 e. The number of nitrogens with zero attached hydrogens (tertiary/aromatic N) is 4. The van der Waals surface area contributed by atoms with Crippen LogP contribution in [0, 0.1) is 6.92 Å². The van der Waals surface area contributed by atoms with Gasteiger partial charge in [0.15, 0.2) is 5.69 Å². The molecule has 1 N–H and O–H groups in total. The molecule has 0 radical (unpaired) electrons. The van der Waals surface area contributed by atoms with Gasteiger partial charge in [0.25, 0.3) is 0 Å². The Kier molecular flexibility index (Phi) is 5.04. The van der Waals surface area contributed by atoms with E-state index in [1.54, 1.807) is 6.20 Å². The maximum atomic E-state index is 12.6. The summed E-state index contributed by atoms with van der Waals surface area (Å²) in [4.78, 5) is 11.9. The molecule has 0 spiro atoms. The van der Waals surface area contributed by atoms with Gasteiger partial charge in [0.2, 0.25) is 5.91 Å². The summed E-state index contributed by atoms with van der Waals surface area (Å²) in [6.07, 6.45) is -1.55. The van der Waals surface area contributed by atoms with Crippen molar-refractivity contribution in [2.45, 2.75) is 33.3 Å². The molecule has 0 aliphatic carbocycles. The lowest BCUT2D eigenvalue weighted by Crippen LogP contribution is -2.20. The first kappa shape index (κ1) is 17.0. The molecule has 0 aromatic carbocycles. The molecular formula is C13H16F3N5O2. The maximum Gasteiger partial charge on any atom is 0.435 e. The maximum absolute atomic E-state index is 12.6. The molecule has 0 atom stereocenters. The number of anilines is 1. The predicted octanol–water partition coefficient (Wildman–Crippen LogP) is 2.04. The van der Waals surface area contributed by atoms with Gasteiger partial charge in [-0.25, -0.2) is 4.68 Å². The van der Waals surface area contributed by atoms with Crippen molar-refractivity contribution in [1.29, 1.82) is 0 Å². The number of aromatic nitrogens is 4. The van der Waals surface area contributed by atoms with Crippen molar-refractivity contribution in [2.75, 3.05) is 11.9 Å². The second-order valence-electron chi connectivity index (χ2n) is 4.76. The van der Waals surface area contributed by atoms with Gasteiger partial charge in [-0.1, -0.05) is 0 Å². The highest BCUT2D eigenvalue weighted by Crippen LogP contribution is 2.28. The number of alkyl halides is 3. The van der Waals surface area contributed by atoms with E-state index in [1.807, 2.05) is 6.92 Å². The molecule has 23 heavy (non-hydrogen) atoms. The Morgan fingerprint density at radius 1 is 1.43 bits per heavy atom. The van der Waals surface area contributed by atoms with Crippen molar-refractivity contribution in [3.05, 3.63) is 29.8 Å². The van der Waals surface area contributed by atoms with E-state index in [9.17, 15) is 18.0 Å². The Balaban J connectivity index is 1.97. The van der Waals surface area contributed by atoms with Crippen LogP contribution in [0.4, 0.5) is 18.9 Å². The van der Waals surface area contributed by atoms with E-state index < -0.39 is 17.8 Å². The molecule has 2 aromatic heterocycles. The molecule has 2 rings (SSSR count). The number of ether oxygens (including phenoxy) is 1. The summed E-state index contributed by atoms with van der Waals surface area (Å²) >= 11 is 0. The molecule has 0 aliphatic heterocycles. The number of carbonyl (C=O) groups is 1. The molecule has 0 fully saturated rings. The zero-order chi connectivity index (χ0) is 17.0. The highest BCUT2D eigenvalue weighted by molar-refractivity contribution is 5.90. The number of amides is 1. The standard InChI is InChI=1S/C13H16F3N5O2/c1-3-23-8-20-6-10(5-17-20)18-12(22)7-21-9(2)4-11(19-21)13(14,15)16/h4-6H,3,7-8H2,1-2H3,(H,18,22). The first-order chi connectivity index (χ1) is 10.8. The minimum absolute atomic E-state index is 0.250. The molecule has 2 heterocycles. The van der Waals surface area contributed by atoms with Crippen LogP contribution in [0.2, 0.25) is 0 Å². The predicted molar refractivity (Wildman–Crippen MR) is 74.4 cm³/mol. The van der Waals surface area contributed by atoms with Crippen molar-refractivity contribution < 1.29 is 22.7 Å². The molecule has 2 aromatic rings. The van der Waals surface area contributed by atoms with Gasteiger partial charge in [0.05, 0.1) is 18.1 Å². The SMILES string of the molecule is CCOCn1cc(NC(=O)Cn2nc(C(F)(F)F)cc2C)cn1. The van der Waals surface area contributed by atoms with Gasteiger partial charge in [0.1, 0.15) is 13.3 Å². The molecule has 10 heteroatoms. The quantitative estimate of drug-likeness (QED) is 0.879. The van der Waals surface area contributed by atoms with Crippen LogP contribution < -0.4 is 5.32 Å². The molecule has 0 aliphatic rings. The van der Waals surface area contributed by atoms with Crippen LogP contribution in [0.15, 0.2) is 18.5 Å². The zero-order valence-electron chi connectivity index (χ0n) is 12.6. The van der Waals surface area contributed by atoms with E-state index in [0.717, 1.165) is 10.7 Å². The molecule has 0 saturated heterocycles. The number of nitrogens with one attached hydrogen (secondary N) is 1. The monoisotopic (exact) mass is 331 g/mol. The average molecular weight is 331 g/mol. The van der Waals surface area contributed by atoms with Crippen LogP contribution in [-0.2, 0) is 29.0 Å². The van der Waals surface area contributed by atoms with E-state index in [2.05, 4.69) is 15.5 Å². The molecular weight excluding hydrogens is 315 g/mol. The minimum atomic E-state index is -4.53. The molecule has 0 bridgehead atoms. The second kappa shape index (κ2) is 6.82. The highest BCUT2D eigenvalue weighted by Gasteiger charge is 2.34. The van der Waals surface area contributed by atoms with Crippen LogP contribution >= 0.6 is 0 Å². The molecule has 0 saturated carbocycles. The van der Waals surface area contributed by atoms with E-state index in [0.29, 0.717) is 12.3 Å². The van der Waals surface area contributed by atoms with Crippen molar-refractivity contribution in [2.24, 2.45) is 0 Å². The number of halogens is 3. The van der Waals surface area contributed by atoms with Gasteiger partial charge in [0, 0.05) is 12.3 Å². The fourth-order valence-electron chi connectivity index (χ4n) is 1.83.